The standard InChI is InChI=1S/C26H24N2O4S2/c1-16-13-14-21(17(2)15-16)34(30,31)25-22(27)24(23(29)18-9-5-4-6-10-18)33-26(25)28-19-11-7-8-12-20(19)32-3/h4-15,28H,27H2,1-3H3. The number of methoxy groups -OCH3 is 1. The number of nitrogen functional groups attached to an aromatic ring is 1. The molecular weight excluding hydrogens is 468 g/mol. The predicted molar refractivity (Wildman–Crippen MR) is 136 cm³/mol. The number of ketones is 1. The zero-order chi connectivity index (χ0) is 24.5. The van der Waals surface area contributed by atoms with Gasteiger partial charge < -0.3 is 15.8 Å². The van der Waals surface area contributed by atoms with Crippen LogP contribution in [0.15, 0.2) is 82.6 Å². The van der Waals surface area contributed by atoms with Crippen LogP contribution >= 0.6 is 11.3 Å². The molecule has 6 nitrogen and oxygen atoms in total. The molecule has 0 amide bonds. The van der Waals surface area contributed by atoms with Crippen molar-refractivity contribution in [1.29, 1.82) is 0 Å². The van der Waals surface area contributed by atoms with Crippen molar-refractivity contribution in [3.8, 4) is 5.75 Å². The molecule has 1 aromatic heterocycles. The number of benzene rings is 3. The van der Waals surface area contributed by atoms with E-state index in [1.54, 1.807) is 73.7 Å². The predicted octanol–water partition coefficient (Wildman–Crippen LogP) is 5.76. The largest absolute Gasteiger partial charge is 0.495 e. The third-order valence-electron chi connectivity index (χ3n) is 5.39. The molecule has 34 heavy (non-hydrogen) atoms. The van der Waals surface area contributed by atoms with E-state index in [1.165, 1.54) is 7.11 Å². The first-order valence-electron chi connectivity index (χ1n) is 10.5. The topological polar surface area (TPSA) is 98.5 Å². The first kappa shape index (κ1) is 23.5. The molecule has 4 aromatic rings. The maximum atomic E-state index is 13.9. The minimum absolute atomic E-state index is 0.0729. The Morgan fingerprint density at radius 3 is 2.32 bits per heavy atom. The van der Waals surface area contributed by atoms with Crippen molar-refractivity contribution in [2.75, 3.05) is 18.2 Å². The highest BCUT2D eigenvalue weighted by atomic mass is 32.2. The average molecular weight is 493 g/mol. The summed E-state index contributed by atoms with van der Waals surface area (Å²) in [5, 5.41) is 3.40. The highest BCUT2D eigenvalue weighted by Gasteiger charge is 2.32. The van der Waals surface area contributed by atoms with E-state index in [0.29, 0.717) is 22.6 Å². The molecule has 8 heteroatoms. The zero-order valence-corrected chi connectivity index (χ0v) is 20.6. The van der Waals surface area contributed by atoms with Crippen LogP contribution in [0.1, 0.15) is 26.4 Å². The lowest BCUT2D eigenvalue weighted by Crippen LogP contribution is -2.09. The summed E-state index contributed by atoms with van der Waals surface area (Å²) in [4.78, 5) is 13.5. The van der Waals surface area contributed by atoms with Gasteiger partial charge in [0.1, 0.15) is 20.5 Å². The van der Waals surface area contributed by atoms with E-state index < -0.39 is 9.84 Å². The monoisotopic (exact) mass is 492 g/mol. The lowest BCUT2D eigenvalue weighted by molar-refractivity contribution is 0.104. The minimum atomic E-state index is -4.05. The van der Waals surface area contributed by atoms with E-state index in [4.69, 9.17) is 10.5 Å². The van der Waals surface area contributed by atoms with Gasteiger partial charge in [0.2, 0.25) is 15.6 Å². The van der Waals surface area contributed by atoms with Gasteiger partial charge >= 0.3 is 0 Å². The van der Waals surface area contributed by atoms with Crippen LogP contribution in [-0.2, 0) is 9.84 Å². The van der Waals surface area contributed by atoms with Crippen LogP contribution < -0.4 is 15.8 Å². The molecule has 0 aliphatic heterocycles. The number of carbonyl (C=O) groups is 1. The van der Waals surface area contributed by atoms with Crippen molar-refractivity contribution in [1.82, 2.24) is 0 Å². The fraction of sp³-hybridized carbons (Fsp3) is 0.115. The molecule has 0 fully saturated rings. The molecule has 3 N–H and O–H groups in total. The quantitative estimate of drug-likeness (QED) is 0.318. The van der Waals surface area contributed by atoms with Gasteiger partial charge in [-0.25, -0.2) is 8.42 Å². The van der Waals surface area contributed by atoms with Crippen LogP contribution in [0.25, 0.3) is 0 Å². The van der Waals surface area contributed by atoms with Gasteiger partial charge in [0.15, 0.2) is 0 Å². The molecule has 3 aromatic carbocycles. The Balaban J connectivity index is 1.93. The number of rotatable bonds is 7. The van der Waals surface area contributed by atoms with E-state index in [9.17, 15) is 13.2 Å². The summed E-state index contributed by atoms with van der Waals surface area (Å²) in [5.41, 5.74) is 8.87. The average Bonchev–Trinajstić information content (AvgIpc) is 3.15. The second-order valence-corrected chi connectivity index (χ2v) is 10.7. The fourth-order valence-electron chi connectivity index (χ4n) is 3.75. The van der Waals surface area contributed by atoms with Crippen molar-refractivity contribution in [2.24, 2.45) is 0 Å². The number of nitrogens with one attached hydrogen (secondary N) is 1. The first-order valence-corrected chi connectivity index (χ1v) is 12.8. The molecule has 174 valence electrons. The summed E-state index contributed by atoms with van der Waals surface area (Å²) >= 11 is 1.01. The smallest absolute Gasteiger partial charge is 0.211 e. The Labute approximate surface area is 202 Å². The molecule has 0 atom stereocenters. The van der Waals surface area contributed by atoms with E-state index in [0.717, 1.165) is 16.9 Å². The van der Waals surface area contributed by atoms with Crippen LogP contribution in [0.5, 0.6) is 5.75 Å². The number of aryl methyl sites for hydroxylation is 2. The second-order valence-electron chi connectivity index (χ2n) is 7.80. The van der Waals surface area contributed by atoms with Crippen molar-refractivity contribution >= 4 is 43.3 Å². The molecule has 0 aliphatic carbocycles. The van der Waals surface area contributed by atoms with Crippen LogP contribution in [-0.4, -0.2) is 21.3 Å². The summed E-state index contributed by atoms with van der Waals surface area (Å²) in [7, 11) is -2.52. The fourth-order valence-corrected chi connectivity index (χ4v) is 6.89. The van der Waals surface area contributed by atoms with Crippen molar-refractivity contribution < 1.29 is 17.9 Å². The summed E-state index contributed by atoms with van der Waals surface area (Å²) < 4.78 is 33.1. The maximum Gasteiger partial charge on any atom is 0.211 e. The molecular formula is C26H24N2O4S2. The van der Waals surface area contributed by atoms with Gasteiger partial charge in [-0.3, -0.25) is 4.79 Å². The summed E-state index contributed by atoms with van der Waals surface area (Å²) in [6, 6.07) is 20.9. The van der Waals surface area contributed by atoms with Crippen molar-refractivity contribution in [3.05, 3.63) is 94.4 Å². The number of hydrogen-bond donors (Lipinski definition) is 2. The number of para-hydroxylation sites is 2. The third kappa shape index (κ3) is 4.30. The number of carbonyl (C=O) groups excluding carboxylic acids is 1. The Kier molecular flexibility index (Phi) is 6.45. The molecule has 0 radical (unpaired) electrons. The Hall–Kier alpha value is -3.62. The molecule has 0 aliphatic rings. The molecule has 4 rings (SSSR count). The third-order valence-corrected chi connectivity index (χ3v) is 8.63. The molecule has 0 unspecified atom stereocenters. The lowest BCUT2D eigenvalue weighted by Gasteiger charge is -2.13. The molecule has 0 bridgehead atoms. The van der Waals surface area contributed by atoms with Gasteiger partial charge in [0, 0.05) is 5.56 Å². The Morgan fingerprint density at radius 1 is 0.971 bits per heavy atom. The van der Waals surface area contributed by atoms with Crippen molar-refractivity contribution in [3.63, 3.8) is 0 Å². The zero-order valence-electron chi connectivity index (χ0n) is 19.0. The normalized spacial score (nSPS) is 11.3. The highest BCUT2D eigenvalue weighted by molar-refractivity contribution is 7.92. The van der Waals surface area contributed by atoms with Crippen molar-refractivity contribution in [2.45, 2.75) is 23.6 Å². The first-order chi connectivity index (χ1) is 16.2. The number of sulfone groups is 1. The second kappa shape index (κ2) is 9.32. The number of thiophene rings is 1. The van der Waals surface area contributed by atoms with Crippen LogP contribution in [0.2, 0.25) is 0 Å². The maximum absolute atomic E-state index is 13.9. The minimum Gasteiger partial charge on any atom is -0.495 e. The van der Waals surface area contributed by atoms with Crippen LogP contribution in [0.3, 0.4) is 0 Å². The van der Waals surface area contributed by atoms with E-state index in [1.807, 2.05) is 13.0 Å². The Morgan fingerprint density at radius 2 is 1.65 bits per heavy atom. The summed E-state index contributed by atoms with van der Waals surface area (Å²) in [5.74, 6) is 0.188. The van der Waals surface area contributed by atoms with Gasteiger partial charge in [-0.2, -0.15) is 0 Å². The SMILES string of the molecule is COc1ccccc1Nc1sc(C(=O)c2ccccc2)c(N)c1S(=O)(=O)c1ccc(C)cc1C. The number of ether oxygens (including phenoxy) is 1. The number of nitrogens with two attached hydrogens (primary N) is 1. The van der Waals surface area contributed by atoms with Gasteiger partial charge in [0.25, 0.3) is 0 Å². The van der Waals surface area contributed by atoms with E-state index in [2.05, 4.69) is 5.32 Å². The van der Waals surface area contributed by atoms with Crippen LogP contribution in [0, 0.1) is 13.8 Å². The Bertz CT molecular complexity index is 1480. The molecule has 0 saturated carbocycles. The molecule has 1 heterocycles. The van der Waals surface area contributed by atoms with E-state index >= 15 is 0 Å². The van der Waals surface area contributed by atoms with Gasteiger partial charge in [-0.05, 0) is 37.6 Å². The number of anilines is 3. The van der Waals surface area contributed by atoms with Gasteiger partial charge in [-0.1, -0.05) is 60.2 Å². The van der Waals surface area contributed by atoms with E-state index in [-0.39, 0.29) is 31.1 Å². The van der Waals surface area contributed by atoms with Gasteiger partial charge in [0.05, 0.1) is 23.4 Å². The molecule has 0 spiro atoms. The summed E-state index contributed by atoms with van der Waals surface area (Å²) in [6.07, 6.45) is 0. The lowest BCUT2D eigenvalue weighted by atomic mass is 10.1. The number of hydrogen-bond acceptors (Lipinski definition) is 7. The summed E-state index contributed by atoms with van der Waals surface area (Å²) in [6.45, 7) is 3.64. The van der Waals surface area contributed by atoms with Gasteiger partial charge in [-0.15, -0.1) is 11.3 Å². The molecule has 0 saturated heterocycles. The van der Waals surface area contributed by atoms with Crippen LogP contribution in [0.4, 0.5) is 16.4 Å². The highest BCUT2D eigenvalue weighted by Crippen LogP contribution is 2.45.